The molecule has 182 valence electrons. The molecule has 10 nitrogen and oxygen atoms in total. The van der Waals surface area contributed by atoms with E-state index in [1.54, 1.807) is 35.4 Å². The summed E-state index contributed by atoms with van der Waals surface area (Å²) >= 11 is 5.86. The van der Waals surface area contributed by atoms with E-state index in [1.165, 1.54) is 6.20 Å². The van der Waals surface area contributed by atoms with Crippen molar-refractivity contribution in [3.63, 3.8) is 0 Å². The van der Waals surface area contributed by atoms with E-state index < -0.39 is 5.91 Å². The molecule has 4 heterocycles. The van der Waals surface area contributed by atoms with Crippen LogP contribution in [-0.4, -0.2) is 52.0 Å². The van der Waals surface area contributed by atoms with Gasteiger partial charge in [0.1, 0.15) is 23.8 Å². The molecule has 0 bridgehead atoms. The predicted molar refractivity (Wildman–Crippen MR) is 128 cm³/mol. The Labute approximate surface area is 206 Å². The number of rotatable bonds is 5. The number of carbonyl (C=O) groups excluding carboxylic acids is 3. The van der Waals surface area contributed by atoms with E-state index in [0.717, 1.165) is 0 Å². The average Bonchev–Trinajstić information content (AvgIpc) is 3.24. The number of aromatic nitrogens is 2. The molecule has 1 saturated carbocycles. The lowest BCUT2D eigenvalue weighted by Gasteiger charge is -2.38. The maximum absolute atomic E-state index is 13.2. The monoisotopic (exact) mass is 497 g/mol. The molecule has 0 spiro atoms. The zero-order valence-corrected chi connectivity index (χ0v) is 19.6. The van der Waals surface area contributed by atoms with Crippen molar-refractivity contribution in [1.29, 1.82) is 0 Å². The van der Waals surface area contributed by atoms with Gasteiger partial charge in [-0.25, -0.2) is 4.98 Å². The first-order valence-electron chi connectivity index (χ1n) is 11.5. The first-order chi connectivity index (χ1) is 17.0. The summed E-state index contributed by atoms with van der Waals surface area (Å²) < 4.78 is 11.2. The molecule has 0 unspecified atom stereocenters. The number of nitrogens with zero attached hydrogens (tertiary/aromatic N) is 3. The van der Waals surface area contributed by atoms with Gasteiger partial charge in [0.2, 0.25) is 17.6 Å². The van der Waals surface area contributed by atoms with Crippen LogP contribution in [0.5, 0.6) is 0 Å². The molecule has 1 saturated heterocycles. The summed E-state index contributed by atoms with van der Waals surface area (Å²) in [7, 11) is 0. The van der Waals surface area contributed by atoms with Crippen LogP contribution in [0.1, 0.15) is 42.7 Å². The summed E-state index contributed by atoms with van der Waals surface area (Å²) in [6, 6.07) is 6.62. The van der Waals surface area contributed by atoms with Gasteiger partial charge in [-0.3, -0.25) is 19.4 Å². The van der Waals surface area contributed by atoms with Crippen molar-refractivity contribution in [2.24, 2.45) is 5.92 Å². The van der Waals surface area contributed by atoms with Crippen LogP contribution >= 0.6 is 11.6 Å². The van der Waals surface area contributed by atoms with E-state index >= 15 is 0 Å². The number of hydrogen-bond acceptors (Lipinski definition) is 7. The number of furan rings is 1. The van der Waals surface area contributed by atoms with Gasteiger partial charge in [0.25, 0.3) is 5.91 Å². The molecular weight excluding hydrogens is 474 g/mol. The summed E-state index contributed by atoms with van der Waals surface area (Å²) in [5.74, 6) is -0.703. The normalized spacial score (nSPS) is 20.6. The molecule has 2 aliphatic rings. The molecule has 2 fully saturated rings. The molecule has 3 amide bonds. The van der Waals surface area contributed by atoms with Crippen molar-refractivity contribution in [2.75, 3.05) is 24.0 Å². The smallest absolute Gasteiger partial charge is 0.294 e. The Kier molecular flexibility index (Phi) is 6.65. The number of ether oxygens (including phenoxy) is 1. The number of nitrogens with one attached hydrogen (secondary N) is 2. The summed E-state index contributed by atoms with van der Waals surface area (Å²) in [5, 5.41) is 5.98. The Morgan fingerprint density at radius 1 is 1.09 bits per heavy atom. The molecule has 3 aromatic heterocycles. The van der Waals surface area contributed by atoms with Crippen LogP contribution < -0.4 is 10.6 Å². The molecule has 0 radical (unpaired) electrons. The SMILES string of the molecule is O=C(Nc1ccc(Cl)cn1)c1oc2cccnc2c1NC(=O)[C@H]1CC[C@H](N2COCCC2=O)CC1. The van der Waals surface area contributed by atoms with Crippen LogP contribution in [0.15, 0.2) is 41.1 Å². The predicted octanol–water partition coefficient (Wildman–Crippen LogP) is 3.83. The van der Waals surface area contributed by atoms with Gasteiger partial charge in [-0.1, -0.05) is 11.6 Å². The van der Waals surface area contributed by atoms with Crippen LogP contribution in [-0.2, 0) is 14.3 Å². The van der Waals surface area contributed by atoms with E-state index in [-0.39, 0.29) is 35.2 Å². The third kappa shape index (κ3) is 4.98. The number of anilines is 2. The minimum absolute atomic E-state index is 0.0615. The summed E-state index contributed by atoms with van der Waals surface area (Å²) in [6.45, 7) is 0.776. The third-order valence-corrected chi connectivity index (χ3v) is 6.61. The summed E-state index contributed by atoms with van der Waals surface area (Å²) in [5.41, 5.74) is 0.989. The Balaban J connectivity index is 1.30. The first-order valence-corrected chi connectivity index (χ1v) is 11.9. The largest absolute Gasteiger partial charge is 0.447 e. The van der Waals surface area contributed by atoms with Gasteiger partial charge in [-0.2, -0.15) is 0 Å². The fraction of sp³-hybridized carbons (Fsp3) is 0.375. The van der Waals surface area contributed by atoms with Crippen LogP contribution in [0, 0.1) is 5.92 Å². The van der Waals surface area contributed by atoms with Crippen LogP contribution in [0.2, 0.25) is 5.02 Å². The van der Waals surface area contributed by atoms with Crippen LogP contribution in [0.4, 0.5) is 11.5 Å². The van der Waals surface area contributed by atoms with Gasteiger partial charge in [-0.05, 0) is 49.9 Å². The lowest BCUT2D eigenvalue weighted by molar-refractivity contribution is -0.151. The maximum atomic E-state index is 13.2. The van der Waals surface area contributed by atoms with Crippen molar-refractivity contribution >= 4 is 51.9 Å². The van der Waals surface area contributed by atoms with Crippen molar-refractivity contribution in [3.05, 3.63) is 47.4 Å². The van der Waals surface area contributed by atoms with Gasteiger partial charge in [0, 0.05) is 24.4 Å². The number of halogens is 1. The van der Waals surface area contributed by atoms with Crippen LogP contribution in [0.3, 0.4) is 0 Å². The zero-order chi connectivity index (χ0) is 24.4. The molecule has 1 aliphatic heterocycles. The lowest BCUT2D eigenvalue weighted by Crippen LogP contribution is -2.47. The highest BCUT2D eigenvalue weighted by atomic mass is 35.5. The highest BCUT2D eigenvalue weighted by molar-refractivity contribution is 6.30. The van der Waals surface area contributed by atoms with E-state index in [4.69, 9.17) is 20.8 Å². The standard InChI is InChI=1S/C24H24ClN5O5/c25-15-5-8-18(27-12-15)28-24(33)22-21(20-17(35-22)2-1-10-26-20)29-23(32)14-3-6-16(7-4-14)30-13-34-11-9-19(30)31/h1-2,5,8,10,12,14,16H,3-4,6-7,9,11,13H2,(H,29,32)(H,27,28,33)/t14-,16-. The Hall–Kier alpha value is -3.50. The van der Waals surface area contributed by atoms with Crippen LogP contribution in [0.25, 0.3) is 11.1 Å². The quantitative estimate of drug-likeness (QED) is 0.548. The highest BCUT2D eigenvalue weighted by Crippen LogP contribution is 2.33. The topological polar surface area (TPSA) is 127 Å². The Bertz CT molecular complexity index is 1250. The second-order valence-corrected chi connectivity index (χ2v) is 9.05. The zero-order valence-electron chi connectivity index (χ0n) is 18.8. The number of carbonyl (C=O) groups is 3. The average molecular weight is 498 g/mol. The van der Waals surface area contributed by atoms with E-state index in [9.17, 15) is 14.4 Å². The third-order valence-electron chi connectivity index (χ3n) is 6.39. The fourth-order valence-corrected chi connectivity index (χ4v) is 4.66. The number of hydrogen-bond donors (Lipinski definition) is 2. The molecule has 11 heteroatoms. The van der Waals surface area contributed by atoms with E-state index in [0.29, 0.717) is 67.4 Å². The molecule has 35 heavy (non-hydrogen) atoms. The van der Waals surface area contributed by atoms with Gasteiger partial charge in [-0.15, -0.1) is 0 Å². The molecule has 5 rings (SSSR count). The second kappa shape index (κ2) is 10.0. The summed E-state index contributed by atoms with van der Waals surface area (Å²) in [6.07, 6.45) is 6.07. The molecule has 0 aromatic carbocycles. The van der Waals surface area contributed by atoms with Gasteiger partial charge >= 0.3 is 0 Å². The maximum Gasteiger partial charge on any atom is 0.294 e. The Morgan fingerprint density at radius 3 is 2.66 bits per heavy atom. The van der Waals surface area contributed by atoms with Crippen molar-refractivity contribution in [1.82, 2.24) is 14.9 Å². The number of fused-ring (bicyclic) bond motifs is 1. The molecular formula is C24H24ClN5O5. The molecule has 1 aliphatic carbocycles. The fourth-order valence-electron chi connectivity index (χ4n) is 4.55. The minimum Gasteiger partial charge on any atom is -0.447 e. The Morgan fingerprint density at radius 2 is 1.91 bits per heavy atom. The molecule has 0 atom stereocenters. The van der Waals surface area contributed by atoms with E-state index in [2.05, 4.69) is 20.6 Å². The molecule has 3 aromatic rings. The number of pyridine rings is 2. The molecule has 2 N–H and O–H groups in total. The van der Waals surface area contributed by atoms with Gasteiger partial charge in [0.15, 0.2) is 5.58 Å². The van der Waals surface area contributed by atoms with Crippen molar-refractivity contribution in [2.45, 2.75) is 38.1 Å². The highest BCUT2D eigenvalue weighted by Gasteiger charge is 2.34. The van der Waals surface area contributed by atoms with E-state index in [1.807, 2.05) is 0 Å². The number of amides is 3. The van der Waals surface area contributed by atoms with Crippen molar-refractivity contribution < 1.29 is 23.5 Å². The second-order valence-electron chi connectivity index (χ2n) is 8.62. The minimum atomic E-state index is -0.569. The van der Waals surface area contributed by atoms with Gasteiger partial charge < -0.3 is 24.7 Å². The van der Waals surface area contributed by atoms with Crippen molar-refractivity contribution in [3.8, 4) is 0 Å². The van der Waals surface area contributed by atoms with Gasteiger partial charge in [0.05, 0.1) is 18.1 Å². The lowest BCUT2D eigenvalue weighted by atomic mass is 9.84. The summed E-state index contributed by atoms with van der Waals surface area (Å²) in [4.78, 5) is 48.5. The first kappa shape index (κ1) is 23.3.